The number of aromatic nitrogens is 2. The SMILES string of the molecule is COc1ccc(-c2nnsc2C(=O)N(C)Cc2ccccc2F)cc1. The molecule has 25 heavy (non-hydrogen) atoms. The van der Waals surface area contributed by atoms with Crippen LogP contribution in [0.3, 0.4) is 0 Å². The van der Waals surface area contributed by atoms with Gasteiger partial charge in [0.1, 0.15) is 22.1 Å². The Balaban J connectivity index is 1.83. The second-order valence-corrected chi connectivity index (χ2v) is 6.19. The number of methoxy groups -OCH3 is 1. The number of amides is 1. The van der Waals surface area contributed by atoms with Crippen molar-refractivity contribution in [1.29, 1.82) is 0 Å². The summed E-state index contributed by atoms with van der Waals surface area (Å²) in [6.07, 6.45) is 0. The van der Waals surface area contributed by atoms with E-state index in [0.717, 1.165) is 22.8 Å². The number of nitrogens with zero attached hydrogens (tertiary/aromatic N) is 3. The van der Waals surface area contributed by atoms with Crippen LogP contribution >= 0.6 is 11.5 Å². The van der Waals surface area contributed by atoms with E-state index in [1.807, 2.05) is 12.1 Å². The molecular weight excluding hydrogens is 341 g/mol. The second kappa shape index (κ2) is 7.40. The number of ether oxygens (including phenoxy) is 1. The predicted molar refractivity (Wildman–Crippen MR) is 94.1 cm³/mol. The van der Waals surface area contributed by atoms with E-state index in [0.29, 0.717) is 16.1 Å². The molecule has 2 aromatic carbocycles. The molecule has 1 amide bonds. The summed E-state index contributed by atoms with van der Waals surface area (Å²) in [6.45, 7) is 0.172. The lowest BCUT2D eigenvalue weighted by molar-refractivity contribution is 0.0789. The van der Waals surface area contributed by atoms with E-state index in [2.05, 4.69) is 9.59 Å². The van der Waals surface area contributed by atoms with Crippen molar-refractivity contribution in [3.8, 4) is 17.0 Å². The fourth-order valence-electron chi connectivity index (χ4n) is 2.40. The second-order valence-electron chi connectivity index (χ2n) is 5.43. The lowest BCUT2D eigenvalue weighted by Gasteiger charge is -2.17. The van der Waals surface area contributed by atoms with Crippen molar-refractivity contribution in [3.05, 3.63) is 64.8 Å². The van der Waals surface area contributed by atoms with Gasteiger partial charge in [-0.25, -0.2) is 4.39 Å². The van der Waals surface area contributed by atoms with Crippen molar-refractivity contribution in [2.75, 3.05) is 14.2 Å². The molecule has 128 valence electrons. The van der Waals surface area contributed by atoms with Gasteiger partial charge in [-0.1, -0.05) is 22.7 Å². The standard InChI is InChI=1S/C18H16FN3O2S/c1-22(11-13-5-3-4-6-15(13)19)18(23)17-16(20-21-25-17)12-7-9-14(24-2)10-8-12/h3-10H,11H2,1-2H3. The van der Waals surface area contributed by atoms with Crippen molar-refractivity contribution in [2.45, 2.75) is 6.54 Å². The average Bonchev–Trinajstić information content (AvgIpc) is 3.12. The van der Waals surface area contributed by atoms with Crippen molar-refractivity contribution >= 4 is 17.4 Å². The largest absolute Gasteiger partial charge is 0.497 e. The van der Waals surface area contributed by atoms with Gasteiger partial charge in [0.15, 0.2) is 0 Å². The Morgan fingerprint density at radius 3 is 2.60 bits per heavy atom. The van der Waals surface area contributed by atoms with Crippen LogP contribution < -0.4 is 4.74 Å². The maximum absolute atomic E-state index is 13.8. The van der Waals surface area contributed by atoms with Crippen LogP contribution in [0.4, 0.5) is 4.39 Å². The number of carbonyl (C=O) groups is 1. The van der Waals surface area contributed by atoms with Crippen LogP contribution in [0, 0.1) is 5.82 Å². The van der Waals surface area contributed by atoms with Crippen LogP contribution in [0.5, 0.6) is 5.75 Å². The van der Waals surface area contributed by atoms with Crippen LogP contribution in [0.1, 0.15) is 15.2 Å². The molecule has 0 spiro atoms. The monoisotopic (exact) mass is 357 g/mol. The molecule has 0 saturated carbocycles. The minimum absolute atomic E-state index is 0.172. The highest BCUT2D eigenvalue weighted by molar-refractivity contribution is 7.08. The zero-order valence-corrected chi connectivity index (χ0v) is 14.6. The molecule has 0 bridgehead atoms. The molecule has 5 nitrogen and oxygen atoms in total. The molecule has 7 heteroatoms. The first kappa shape index (κ1) is 17.0. The minimum Gasteiger partial charge on any atom is -0.497 e. The van der Waals surface area contributed by atoms with Crippen LogP contribution in [0.2, 0.25) is 0 Å². The molecule has 0 unspecified atom stereocenters. The molecule has 3 aromatic rings. The van der Waals surface area contributed by atoms with E-state index < -0.39 is 0 Å². The summed E-state index contributed by atoms with van der Waals surface area (Å²) in [4.78, 5) is 14.6. The number of rotatable bonds is 5. The van der Waals surface area contributed by atoms with Gasteiger partial charge in [0.25, 0.3) is 5.91 Å². The molecule has 0 radical (unpaired) electrons. The van der Waals surface area contributed by atoms with Gasteiger partial charge in [-0.2, -0.15) is 0 Å². The molecule has 0 saturated heterocycles. The third kappa shape index (κ3) is 3.66. The van der Waals surface area contributed by atoms with E-state index in [-0.39, 0.29) is 18.3 Å². The van der Waals surface area contributed by atoms with Gasteiger partial charge in [0.05, 0.1) is 7.11 Å². The van der Waals surface area contributed by atoms with Crippen LogP contribution in [0.25, 0.3) is 11.3 Å². The maximum atomic E-state index is 13.8. The van der Waals surface area contributed by atoms with Gasteiger partial charge < -0.3 is 9.64 Å². The van der Waals surface area contributed by atoms with Gasteiger partial charge in [-0.15, -0.1) is 5.10 Å². The van der Waals surface area contributed by atoms with E-state index >= 15 is 0 Å². The third-order valence-corrected chi connectivity index (χ3v) is 4.47. The summed E-state index contributed by atoms with van der Waals surface area (Å²) in [6, 6.07) is 13.6. The molecular formula is C18H16FN3O2S. The van der Waals surface area contributed by atoms with Crippen LogP contribution in [0.15, 0.2) is 48.5 Å². The van der Waals surface area contributed by atoms with E-state index in [9.17, 15) is 9.18 Å². The predicted octanol–water partition coefficient (Wildman–Crippen LogP) is 3.63. The normalized spacial score (nSPS) is 10.5. The molecule has 1 aromatic heterocycles. The van der Waals surface area contributed by atoms with Crippen molar-refractivity contribution in [1.82, 2.24) is 14.5 Å². The Hall–Kier alpha value is -2.80. The van der Waals surface area contributed by atoms with E-state index in [4.69, 9.17) is 4.74 Å². The number of benzene rings is 2. The smallest absolute Gasteiger partial charge is 0.267 e. The molecule has 0 aliphatic carbocycles. The minimum atomic E-state index is -0.333. The summed E-state index contributed by atoms with van der Waals surface area (Å²) < 4.78 is 22.8. The first-order chi connectivity index (χ1) is 12.1. The van der Waals surface area contributed by atoms with E-state index in [1.165, 1.54) is 11.0 Å². The zero-order chi connectivity index (χ0) is 17.8. The highest BCUT2D eigenvalue weighted by atomic mass is 32.1. The topological polar surface area (TPSA) is 55.3 Å². The number of hydrogen-bond acceptors (Lipinski definition) is 5. The van der Waals surface area contributed by atoms with Crippen LogP contribution in [-0.4, -0.2) is 34.6 Å². The van der Waals surface area contributed by atoms with E-state index in [1.54, 1.807) is 44.5 Å². The molecule has 0 N–H and O–H groups in total. The first-order valence-corrected chi connectivity index (χ1v) is 8.33. The zero-order valence-electron chi connectivity index (χ0n) is 13.8. The van der Waals surface area contributed by atoms with Gasteiger partial charge in [-0.3, -0.25) is 4.79 Å². The summed E-state index contributed by atoms with van der Waals surface area (Å²) in [5, 5.41) is 4.08. The van der Waals surface area contributed by atoms with Crippen molar-refractivity contribution in [2.24, 2.45) is 0 Å². The fraction of sp³-hybridized carbons (Fsp3) is 0.167. The Morgan fingerprint density at radius 2 is 1.92 bits per heavy atom. The Labute approximate surface area is 148 Å². The molecule has 0 aliphatic heterocycles. The Kier molecular flexibility index (Phi) is 5.04. The van der Waals surface area contributed by atoms with Gasteiger partial charge in [0.2, 0.25) is 0 Å². The summed E-state index contributed by atoms with van der Waals surface area (Å²) >= 11 is 1.03. The van der Waals surface area contributed by atoms with Crippen molar-refractivity contribution < 1.29 is 13.9 Å². The fourth-order valence-corrected chi connectivity index (χ4v) is 3.08. The lowest BCUT2D eigenvalue weighted by atomic mass is 10.1. The number of hydrogen-bond donors (Lipinski definition) is 0. The summed E-state index contributed by atoms with van der Waals surface area (Å²) in [5.74, 6) is 0.139. The number of carbonyl (C=O) groups excluding carboxylic acids is 1. The summed E-state index contributed by atoms with van der Waals surface area (Å²) in [5.41, 5.74) is 1.75. The molecule has 0 atom stereocenters. The molecule has 1 heterocycles. The van der Waals surface area contributed by atoms with Crippen LogP contribution in [-0.2, 0) is 6.54 Å². The Morgan fingerprint density at radius 1 is 1.20 bits per heavy atom. The van der Waals surface area contributed by atoms with Crippen molar-refractivity contribution in [3.63, 3.8) is 0 Å². The molecule has 3 rings (SSSR count). The Bertz CT molecular complexity index is 880. The molecule has 0 aliphatic rings. The summed E-state index contributed by atoms with van der Waals surface area (Å²) in [7, 11) is 3.22. The average molecular weight is 357 g/mol. The van der Waals surface area contributed by atoms with Gasteiger partial charge >= 0.3 is 0 Å². The lowest BCUT2D eigenvalue weighted by Crippen LogP contribution is -2.26. The quantitative estimate of drug-likeness (QED) is 0.700. The first-order valence-electron chi connectivity index (χ1n) is 7.56. The van der Waals surface area contributed by atoms with Gasteiger partial charge in [0, 0.05) is 24.7 Å². The highest BCUT2D eigenvalue weighted by Gasteiger charge is 2.22. The third-order valence-electron chi connectivity index (χ3n) is 3.76. The molecule has 0 fully saturated rings. The van der Waals surface area contributed by atoms with Gasteiger partial charge in [-0.05, 0) is 41.9 Å². The number of halogens is 1. The maximum Gasteiger partial charge on any atom is 0.267 e. The highest BCUT2D eigenvalue weighted by Crippen LogP contribution is 2.27.